The smallest absolute Gasteiger partial charge is 0.409 e. The van der Waals surface area contributed by atoms with Gasteiger partial charge in [0, 0.05) is 38.9 Å². The predicted octanol–water partition coefficient (Wildman–Crippen LogP) is 5.06. The summed E-state index contributed by atoms with van der Waals surface area (Å²) in [5, 5.41) is 14.1. The van der Waals surface area contributed by atoms with E-state index >= 15 is 0 Å². The molecule has 2 aromatic carbocycles. The van der Waals surface area contributed by atoms with Gasteiger partial charge < -0.3 is 39.6 Å². The largest absolute Gasteiger partial charge is 0.495 e. The molecular weight excluding hydrogens is 730 g/mol. The molecule has 4 bridgehead atoms. The Morgan fingerprint density at radius 1 is 1.20 bits per heavy atom. The number of fused-ring (bicyclic) bond motifs is 5. The number of aliphatic hydroxyl groups is 1. The molecule has 3 aliphatic rings. The number of alkyl carbamates (subject to hydrolysis) is 1. The molecular formula is C38H45ClF2N4O9. The maximum atomic E-state index is 14.6. The average molecular weight is 775 g/mol. The van der Waals surface area contributed by atoms with E-state index in [0.717, 1.165) is 16.0 Å². The number of amides is 3. The fourth-order valence-electron chi connectivity index (χ4n) is 6.82. The van der Waals surface area contributed by atoms with Crippen molar-refractivity contribution >= 4 is 46.9 Å². The third-order valence-electron chi connectivity index (χ3n) is 10.4. The van der Waals surface area contributed by atoms with E-state index < -0.39 is 94.8 Å². The van der Waals surface area contributed by atoms with Gasteiger partial charge >= 0.3 is 12.1 Å². The van der Waals surface area contributed by atoms with Gasteiger partial charge in [0.05, 0.1) is 36.6 Å². The zero-order valence-electron chi connectivity index (χ0n) is 31.1. The van der Waals surface area contributed by atoms with E-state index in [9.17, 15) is 33.1 Å². The van der Waals surface area contributed by atoms with Crippen LogP contribution < -0.4 is 20.7 Å². The normalized spacial score (nSPS) is 29.4. The number of likely N-dealkylation sites (N-methyl/N-ethyl adjacent to an activating group) is 1. The van der Waals surface area contributed by atoms with Crippen molar-refractivity contribution in [1.29, 1.82) is 0 Å². The van der Waals surface area contributed by atoms with Crippen molar-refractivity contribution in [2.45, 2.75) is 89.1 Å². The van der Waals surface area contributed by atoms with Crippen molar-refractivity contribution < 1.29 is 52.0 Å². The van der Waals surface area contributed by atoms with Gasteiger partial charge in [0.2, 0.25) is 5.91 Å². The highest BCUT2D eigenvalue weighted by atomic mass is 35.5. The number of nitrogens with two attached hydrogens (primary N) is 1. The number of hydrogen-bond acceptors (Lipinski definition) is 10. The minimum absolute atomic E-state index is 0.00532. The first-order valence-electron chi connectivity index (χ1n) is 17.3. The van der Waals surface area contributed by atoms with E-state index in [-0.39, 0.29) is 17.9 Å². The summed E-state index contributed by atoms with van der Waals surface area (Å²) in [6.07, 6.45) is 1.83. The molecule has 4 N–H and O–H groups in total. The van der Waals surface area contributed by atoms with E-state index in [0.29, 0.717) is 30.0 Å². The Kier molecular flexibility index (Phi) is 11.7. The number of ether oxygens (including phenoxy) is 4. The van der Waals surface area contributed by atoms with E-state index in [1.807, 2.05) is 13.0 Å². The first kappa shape index (κ1) is 40.5. The summed E-state index contributed by atoms with van der Waals surface area (Å²) in [6.45, 7) is 6.63. The SMILES string of the molecule is COc1cc2cc(c1Cl)N(C)C(=O)C[C@H](OC(=O)[C@H](C)N(C)C(=O)c1cc(F)c(N)cc1F)[C@]1(C)O[C@H]1[C@H](C)[C@@H]1C[C@](O)(C/C=C/C=C(\C)C2)NC(=O)O1. The molecule has 0 saturated carbocycles. The number of anilines is 2. The highest BCUT2D eigenvalue weighted by molar-refractivity contribution is 6.35. The summed E-state index contributed by atoms with van der Waals surface area (Å²) in [4.78, 5) is 55.9. The summed E-state index contributed by atoms with van der Waals surface area (Å²) in [5.41, 5.74) is 3.37. The van der Waals surface area contributed by atoms with Crippen LogP contribution in [0, 0.1) is 17.6 Å². The van der Waals surface area contributed by atoms with Crippen molar-refractivity contribution in [3.8, 4) is 5.75 Å². The van der Waals surface area contributed by atoms with Crippen molar-refractivity contribution in [3.63, 3.8) is 0 Å². The van der Waals surface area contributed by atoms with E-state index in [1.54, 1.807) is 38.1 Å². The third-order valence-corrected chi connectivity index (χ3v) is 10.8. The van der Waals surface area contributed by atoms with Gasteiger partial charge in [-0.3, -0.25) is 14.9 Å². The molecule has 0 radical (unpaired) electrons. The Hall–Kier alpha value is -4.73. The Morgan fingerprint density at radius 3 is 2.59 bits per heavy atom. The fraction of sp³-hybridized carbons (Fsp3) is 0.474. The standard InChI is InChI=1S/C38H45ClF2N4O9/c1-19-10-8-9-11-38(50)18-29(52-36(49)43-38)20(2)33-37(4,54-33)30(17-31(46)45(6)27-13-22(12-19)14-28(51-7)32(27)39)53-35(48)21(3)44(5)34(47)23-15-25(41)26(42)16-24(23)40/h8-10,13-16,20-21,29-30,33,50H,11-12,17-18,42H2,1-7H3,(H,43,49)/b9-8+,19-10+/t20-,21+,29+,30+,33+,37+,38-/m1/s1. The summed E-state index contributed by atoms with van der Waals surface area (Å²) in [7, 11) is 4.19. The second-order valence-electron chi connectivity index (χ2n) is 14.4. The zero-order valence-corrected chi connectivity index (χ0v) is 31.8. The molecule has 2 saturated heterocycles. The number of esters is 1. The van der Waals surface area contributed by atoms with Crippen LogP contribution in [0.1, 0.15) is 62.9 Å². The van der Waals surface area contributed by atoms with Crippen molar-refractivity contribution in [2.75, 3.05) is 31.8 Å². The highest BCUT2D eigenvalue weighted by Gasteiger charge is 2.64. The minimum Gasteiger partial charge on any atom is -0.495 e. The lowest BCUT2D eigenvalue weighted by Gasteiger charge is -2.39. The van der Waals surface area contributed by atoms with Crippen LogP contribution in [0.15, 0.2) is 48.1 Å². The molecule has 2 aromatic rings. The number of epoxide rings is 1. The first-order valence-corrected chi connectivity index (χ1v) is 17.7. The van der Waals surface area contributed by atoms with Crippen LogP contribution in [-0.4, -0.2) is 90.8 Å². The molecule has 5 rings (SSSR count). The number of nitrogens with zero attached hydrogens (tertiary/aromatic N) is 2. The lowest BCUT2D eigenvalue weighted by Crippen LogP contribution is -2.57. The molecule has 3 amide bonds. The summed E-state index contributed by atoms with van der Waals surface area (Å²) < 4.78 is 52.1. The minimum atomic E-state index is -1.64. The number of halogens is 3. The summed E-state index contributed by atoms with van der Waals surface area (Å²) in [6, 6.07) is 3.48. The van der Waals surface area contributed by atoms with Gasteiger partial charge in [-0.1, -0.05) is 42.3 Å². The number of carbonyl (C=O) groups is 4. The molecule has 13 nitrogen and oxygen atoms in total. The van der Waals surface area contributed by atoms with Crippen LogP contribution in [-0.2, 0) is 30.2 Å². The molecule has 0 aliphatic carbocycles. The van der Waals surface area contributed by atoms with Crippen LogP contribution in [0.4, 0.5) is 25.0 Å². The van der Waals surface area contributed by atoms with Crippen LogP contribution in [0.25, 0.3) is 0 Å². The lowest BCUT2D eigenvalue weighted by atomic mass is 9.84. The predicted molar refractivity (Wildman–Crippen MR) is 195 cm³/mol. The van der Waals surface area contributed by atoms with Gasteiger partial charge in [0.25, 0.3) is 5.91 Å². The summed E-state index contributed by atoms with van der Waals surface area (Å²) in [5.74, 6) is -4.83. The monoisotopic (exact) mass is 774 g/mol. The third kappa shape index (κ3) is 8.32. The van der Waals surface area contributed by atoms with Crippen molar-refractivity contribution in [3.05, 3.63) is 75.9 Å². The molecule has 16 heteroatoms. The van der Waals surface area contributed by atoms with Gasteiger partial charge in [0.15, 0.2) is 0 Å². The van der Waals surface area contributed by atoms with Crippen molar-refractivity contribution in [1.82, 2.24) is 10.2 Å². The Bertz CT molecular complexity index is 1910. The van der Waals surface area contributed by atoms with Gasteiger partial charge in [0.1, 0.15) is 52.0 Å². The molecule has 0 unspecified atom stereocenters. The second-order valence-corrected chi connectivity index (χ2v) is 14.7. The molecule has 54 heavy (non-hydrogen) atoms. The van der Waals surface area contributed by atoms with Crippen LogP contribution in [0.3, 0.4) is 0 Å². The topological polar surface area (TPSA) is 173 Å². The Morgan fingerprint density at radius 2 is 1.91 bits per heavy atom. The number of hydrogen-bond donors (Lipinski definition) is 3. The molecule has 7 atom stereocenters. The van der Waals surface area contributed by atoms with Gasteiger partial charge in [-0.2, -0.15) is 0 Å². The zero-order chi connectivity index (χ0) is 39.9. The van der Waals surface area contributed by atoms with Crippen LogP contribution in [0.2, 0.25) is 5.02 Å². The second kappa shape index (κ2) is 15.6. The molecule has 3 aliphatic heterocycles. The van der Waals surface area contributed by atoms with E-state index in [1.165, 1.54) is 33.0 Å². The van der Waals surface area contributed by atoms with Crippen LogP contribution >= 0.6 is 11.6 Å². The highest BCUT2D eigenvalue weighted by Crippen LogP contribution is 2.49. The number of rotatable bonds is 5. The van der Waals surface area contributed by atoms with Gasteiger partial charge in [-0.05, 0) is 51.0 Å². The molecule has 292 valence electrons. The number of benzene rings is 2. The van der Waals surface area contributed by atoms with Crippen LogP contribution in [0.5, 0.6) is 5.75 Å². The molecule has 0 spiro atoms. The number of carbonyl (C=O) groups excluding carboxylic acids is 4. The average Bonchev–Trinajstić information content (AvgIpc) is 3.81. The molecule has 0 aromatic heterocycles. The number of nitrogen functional groups attached to an aromatic ring is 1. The maximum Gasteiger partial charge on any atom is 0.409 e. The summed E-state index contributed by atoms with van der Waals surface area (Å²) >= 11 is 6.71. The van der Waals surface area contributed by atoms with E-state index in [4.69, 9.17) is 36.3 Å². The van der Waals surface area contributed by atoms with Crippen molar-refractivity contribution in [2.24, 2.45) is 5.92 Å². The van der Waals surface area contributed by atoms with Gasteiger partial charge in [-0.15, -0.1) is 0 Å². The fourth-order valence-corrected chi connectivity index (χ4v) is 7.14. The quantitative estimate of drug-likeness (QED) is 0.212. The van der Waals surface area contributed by atoms with E-state index in [2.05, 4.69) is 5.32 Å². The lowest BCUT2D eigenvalue weighted by molar-refractivity contribution is -0.158. The molecule has 3 heterocycles. The molecule has 2 fully saturated rings. The maximum absolute atomic E-state index is 14.6. The number of nitrogens with one attached hydrogen (secondary N) is 1. The Balaban J connectivity index is 1.50. The Labute approximate surface area is 317 Å². The number of methoxy groups -OCH3 is 1. The van der Waals surface area contributed by atoms with Gasteiger partial charge in [-0.25, -0.2) is 18.4 Å². The number of allylic oxidation sites excluding steroid dienone is 3. The first-order chi connectivity index (χ1) is 25.3.